The molecule has 0 saturated carbocycles. The molecule has 0 aliphatic carbocycles. The van der Waals surface area contributed by atoms with Gasteiger partial charge in [-0.1, -0.05) is 103 Å². The van der Waals surface area contributed by atoms with Crippen molar-refractivity contribution in [2.24, 2.45) is 11.1 Å². The molecule has 1 saturated heterocycles. The van der Waals surface area contributed by atoms with Crippen LogP contribution in [0.2, 0.25) is 0 Å². The fraction of sp³-hybridized carbons (Fsp3) is 0.296. The molecule has 3 aromatic rings. The molecule has 3 heteroatoms. The summed E-state index contributed by atoms with van der Waals surface area (Å²) in [6, 6.07) is 32.4. The van der Waals surface area contributed by atoms with E-state index in [0.717, 1.165) is 24.1 Å². The van der Waals surface area contributed by atoms with E-state index in [0.29, 0.717) is 12.5 Å². The zero-order valence-corrected chi connectivity index (χ0v) is 17.8. The van der Waals surface area contributed by atoms with Crippen LogP contribution >= 0.6 is 0 Å². The fourth-order valence-electron chi connectivity index (χ4n) is 4.63. The molecule has 1 aliphatic rings. The summed E-state index contributed by atoms with van der Waals surface area (Å²) in [5.74, 6) is 0.327. The molecular formula is C27H30N2O. The average molecular weight is 399 g/mol. The van der Waals surface area contributed by atoms with E-state index >= 15 is 0 Å². The predicted octanol–water partition coefficient (Wildman–Crippen LogP) is 6.40. The number of benzene rings is 3. The van der Waals surface area contributed by atoms with E-state index in [-0.39, 0.29) is 12.1 Å². The van der Waals surface area contributed by atoms with Crippen molar-refractivity contribution in [2.45, 2.75) is 38.5 Å². The molecule has 1 aliphatic heterocycles. The average Bonchev–Trinajstić information content (AvgIpc) is 2.81. The van der Waals surface area contributed by atoms with E-state index in [1.807, 2.05) is 18.2 Å². The Balaban J connectivity index is 1.65. The van der Waals surface area contributed by atoms with Crippen molar-refractivity contribution in [1.82, 2.24) is 4.90 Å². The molecule has 0 aromatic heterocycles. The highest BCUT2D eigenvalue weighted by molar-refractivity contribution is 5.88. The van der Waals surface area contributed by atoms with Crippen molar-refractivity contribution in [3.63, 3.8) is 0 Å². The van der Waals surface area contributed by atoms with Crippen molar-refractivity contribution >= 4 is 5.71 Å². The summed E-state index contributed by atoms with van der Waals surface area (Å²) >= 11 is 0. The molecule has 154 valence electrons. The summed E-state index contributed by atoms with van der Waals surface area (Å²) in [4.78, 5) is 8.39. The van der Waals surface area contributed by atoms with Gasteiger partial charge in [0.25, 0.3) is 0 Å². The Kier molecular flexibility index (Phi) is 6.60. The van der Waals surface area contributed by atoms with Crippen molar-refractivity contribution in [2.75, 3.05) is 7.05 Å². The molecule has 30 heavy (non-hydrogen) atoms. The van der Waals surface area contributed by atoms with Gasteiger partial charge in [0.2, 0.25) is 0 Å². The molecule has 3 nitrogen and oxygen atoms in total. The van der Waals surface area contributed by atoms with E-state index in [4.69, 9.17) is 9.99 Å². The lowest BCUT2D eigenvalue weighted by molar-refractivity contribution is 0.1000. The van der Waals surface area contributed by atoms with Crippen molar-refractivity contribution in [3.05, 3.63) is 108 Å². The quantitative estimate of drug-likeness (QED) is 0.449. The SMILES string of the molecule is CCC1/C(=N\OCc2ccccc2)CC(c2ccccc2)N(C)C1c1ccccc1. The third-order valence-electron chi connectivity index (χ3n) is 6.16. The lowest BCUT2D eigenvalue weighted by atomic mass is 9.77. The Hall–Kier alpha value is -2.91. The van der Waals surface area contributed by atoms with Crippen LogP contribution in [-0.2, 0) is 11.4 Å². The van der Waals surface area contributed by atoms with Crippen LogP contribution < -0.4 is 0 Å². The first kappa shape index (κ1) is 20.4. The lowest BCUT2D eigenvalue weighted by Gasteiger charge is -2.45. The topological polar surface area (TPSA) is 24.8 Å². The van der Waals surface area contributed by atoms with Crippen LogP contribution in [0, 0.1) is 5.92 Å². The first-order valence-electron chi connectivity index (χ1n) is 10.8. The van der Waals surface area contributed by atoms with Crippen molar-refractivity contribution < 1.29 is 4.84 Å². The van der Waals surface area contributed by atoms with Crippen molar-refractivity contribution in [1.29, 1.82) is 0 Å². The maximum Gasteiger partial charge on any atom is 0.142 e. The zero-order valence-electron chi connectivity index (χ0n) is 17.8. The van der Waals surface area contributed by atoms with Gasteiger partial charge >= 0.3 is 0 Å². The Morgan fingerprint density at radius 1 is 0.833 bits per heavy atom. The number of hydrogen-bond donors (Lipinski definition) is 0. The lowest BCUT2D eigenvalue weighted by Crippen LogP contribution is -2.43. The summed E-state index contributed by atoms with van der Waals surface area (Å²) in [7, 11) is 2.25. The highest BCUT2D eigenvalue weighted by Crippen LogP contribution is 2.43. The Bertz CT molecular complexity index is 940. The van der Waals surface area contributed by atoms with E-state index < -0.39 is 0 Å². The van der Waals surface area contributed by atoms with Crippen LogP contribution in [0.5, 0.6) is 0 Å². The monoisotopic (exact) mass is 398 g/mol. The molecule has 0 amide bonds. The first-order chi connectivity index (χ1) is 14.8. The van der Waals surface area contributed by atoms with Gasteiger partial charge in [-0.2, -0.15) is 0 Å². The van der Waals surface area contributed by atoms with Crippen LogP contribution in [0.15, 0.2) is 96.2 Å². The molecule has 1 fully saturated rings. The molecule has 4 rings (SSSR count). The molecule has 0 spiro atoms. The van der Waals surface area contributed by atoms with Gasteiger partial charge in [0.05, 0.1) is 5.71 Å². The fourth-order valence-corrected chi connectivity index (χ4v) is 4.63. The maximum absolute atomic E-state index is 5.86. The standard InChI is InChI=1S/C27H30N2O/c1-3-24-25(28-30-20-21-13-7-4-8-14-21)19-26(22-15-9-5-10-16-22)29(2)27(24)23-17-11-6-12-18-23/h4-18,24,26-27H,3,19-20H2,1-2H3/b28-25-. The molecule has 1 heterocycles. The third-order valence-corrected chi connectivity index (χ3v) is 6.16. The summed E-state index contributed by atoms with van der Waals surface area (Å²) in [5.41, 5.74) is 4.96. The van der Waals surface area contributed by atoms with Gasteiger partial charge < -0.3 is 4.84 Å². The Morgan fingerprint density at radius 2 is 1.40 bits per heavy atom. The molecule has 0 N–H and O–H groups in total. The second-order valence-electron chi connectivity index (χ2n) is 8.01. The maximum atomic E-state index is 5.86. The van der Waals surface area contributed by atoms with E-state index in [9.17, 15) is 0 Å². The number of oxime groups is 1. The summed E-state index contributed by atoms with van der Waals surface area (Å²) in [5, 5.41) is 4.71. The van der Waals surface area contributed by atoms with Gasteiger partial charge in [-0.05, 0) is 30.2 Å². The number of piperidine rings is 1. The van der Waals surface area contributed by atoms with Crippen LogP contribution in [0.1, 0.15) is 48.5 Å². The Labute approximate surface area is 180 Å². The van der Waals surface area contributed by atoms with Crippen molar-refractivity contribution in [3.8, 4) is 0 Å². The van der Waals surface area contributed by atoms with Crippen LogP contribution in [0.4, 0.5) is 0 Å². The van der Waals surface area contributed by atoms with Crippen LogP contribution in [0.25, 0.3) is 0 Å². The second-order valence-corrected chi connectivity index (χ2v) is 8.01. The Morgan fingerprint density at radius 3 is 2.00 bits per heavy atom. The zero-order chi connectivity index (χ0) is 20.8. The molecular weight excluding hydrogens is 368 g/mol. The molecule has 0 bridgehead atoms. The highest BCUT2D eigenvalue weighted by Gasteiger charge is 2.40. The largest absolute Gasteiger partial charge is 0.391 e. The molecule has 3 aromatic carbocycles. The highest BCUT2D eigenvalue weighted by atomic mass is 16.6. The van der Waals surface area contributed by atoms with Gasteiger partial charge in [-0.15, -0.1) is 0 Å². The smallest absolute Gasteiger partial charge is 0.142 e. The van der Waals surface area contributed by atoms with Gasteiger partial charge in [0, 0.05) is 24.4 Å². The van der Waals surface area contributed by atoms with Crippen LogP contribution in [0.3, 0.4) is 0 Å². The minimum atomic E-state index is 0.272. The molecule has 3 unspecified atom stereocenters. The minimum Gasteiger partial charge on any atom is -0.391 e. The number of nitrogens with zero attached hydrogens (tertiary/aromatic N) is 2. The second kappa shape index (κ2) is 9.73. The van der Waals surface area contributed by atoms with Gasteiger partial charge in [0.15, 0.2) is 0 Å². The first-order valence-corrected chi connectivity index (χ1v) is 10.8. The number of hydrogen-bond acceptors (Lipinski definition) is 3. The van der Waals surface area contributed by atoms with E-state index in [1.54, 1.807) is 0 Å². The number of likely N-dealkylation sites (tertiary alicyclic amines) is 1. The van der Waals surface area contributed by atoms with Gasteiger partial charge in [-0.25, -0.2) is 0 Å². The normalized spacial score (nSPS) is 23.4. The van der Waals surface area contributed by atoms with E-state index in [1.165, 1.54) is 11.1 Å². The minimum absolute atomic E-state index is 0.272. The van der Waals surface area contributed by atoms with Gasteiger partial charge in [0.1, 0.15) is 6.61 Å². The molecule has 0 radical (unpaired) electrons. The third kappa shape index (κ3) is 4.47. The summed E-state index contributed by atoms with van der Waals surface area (Å²) in [6.07, 6.45) is 1.91. The van der Waals surface area contributed by atoms with E-state index in [2.05, 4.69) is 91.7 Å². The summed E-state index contributed by atoms with van der Waals surface area (Å²) in [6.45, 7) is 2.76. The summed E-state index contributed by atoms with van der Waals surface area (Å²) < 4.78 is 0. The van der Waals surface area contributed by atoms with Gasteiger partial charge in [-0.3, -0.25) is 4.90 Å². The number of rotatable bonds is 6. The predicted molar refractivity (Wildman–Crippen MR) is 123 cm³/mol. The van der Waals surface area contributed by atoms with Crippen LogP contribution in [-0.4, -0.2) is 17.7 Å². The molecule has 3 atom stereocenters.